The van der Waals surface area contributed by atoms with Crippen LogP contribution in [0, 0.1) is 0 Å². The molecule has 5 aromatic rings. The Hall–Kier alpha value is -2.67. The van der Waals surface area contributed by atoms with Crippen molar-refractivity contribution in [2.24, 2.45) is 0 Å². The van der Waals surface area contributed by atoms with E-state index in [1.807, 2.05) is 44.2 Å². The van der Waals surface area contributed by atoms with E-state index in [0.717, 1.165) is 48.2 Å². The van der Waals surface area contributed by atoms with Crippen LogP contribution in [0.4, 0.5) is 0 Å². The van der Waals surface area contributed by atoms with E-state index in [0.29, 0.717) is 7.48 Å². The molecule has 0 spiro atoms. The minimum Gasteiger partial charge on any atom is -0.456 e. The van der Waals surface area contributed by atoms with Crippen molar-refractivity contribution in [3.05, 3.63) is 60.7 Å². The molecule has 0 unspecified atom stereocenters. The standard InChI is InChI=1S/C25H24BNO3S/c1-24(2,28)25(3,4)30-26-17-11-8-12-19-22(17)16-13-18-21(14-20(16)29-19)31-23(27-18)15-9-6-5-7-10-15/h5-14,26,28H,1-4H3. The molecule has 0 fully saturated rings. The van der Waals surface area contributed by atoms with Crippen LogP contribution in [0.2, 0.25) is 0 Å². The lowest BCUT2D eigenvalue weighted by atomic mass is 9.80. The minimum atomic E-state index is -0.958. The number of furan rings is 1. The molecule has 2 aromatic heterocycles. The molecule has 31 heavy (non-hydrogen) atoms. The third-order valence-electron chi connectivity index (χ3n) is 6.17. The molecular weight excluding hydrogens is 405 g/mol. The zero-order valence-electron chi connectivity index (χ0n) is 18.1. The molecule has 0 saturated carbocycles. The molecule has 5 rings (SSSR count). The largest absolute Gasteiger partial charge is 0.456 e. The number of hydrogen-bond donors (Lipinski definition) is 1. The van der Waals surface area contributed by atoms with Crippen LogP contribution in [0.25, 0.3) is 42.7 Å². The summed E-state index contributed by atoms with van der Waals surface area (Å²) >= 11 is 1.67. The van der Waals surface area contributed by atoms with Crippen LogP contribution in [0.3, 0.4) is 0 Å². The van der Waals surface area contributed by atoms with E-state index in [1.165, 1.54) is 0 Å². The van der Waals surface area contributed by atoms with Gasteiger partial charge in [0.15, 0.2) is 0 Å². The molecule has 0 bridgehead atoms. The lowest BCUT2D eigenvalue weighted by Gasteiger charge is -2.37. The molecule has 6 heteroatoms. The summed E-state index contributed by atoms with van der Waals surface area (Å²) in [5.41, 5.74) is 3.14. The predicted octanol–water partition coefficient (Wildman–Crippen LogP) is 5.41. The zero-order chi connectivity index (χ0) is 21.8. The highest BCUT2D eigenvalue weighted by atomic mass is 32.1. The maximum Gasteiger partial charge on any atom is 0.310 e. The fourth-order valence-electron chi connectivity index (χ4n) is 3.58. The number of aliphatic hydroxyl groups is 1. The van der Waals surface area contributed by atoms with Crippen molar-refractivity contribution >= 4 is 56.4 Å². The second kappa shape index (κ2) is 7.19. The third kappa shape index (κ3) is 3.55. The summed E-state index contributed by atoms with van der Waals surface area (Å²) in [5.74, 6) is 0. The third-order valence-corrected chi connectivity index (χ3v) is 7.24. The predicted molar refractivity (Wildman–Crippen MR) is 131 cm³/mol. The van der Waals surface area contributed by atoms with Gasteiger partial charge in [0.2, 0.25) is 0 Å². The van der Waals surface area contributed by atoms with Crippen molar-refractivity contribution in [3.8, 4) is 10.6 Å². The lowest BCUT2D eigenvalue weighted by molar-refractivity contribution is -0.0893. The van der Waals surface area contributed by atoms with Crippen LogP contribution < -0.4 is 5.46 Å². The summed E-state index contributed by atoms with van der Waals surface area (Å²) in [4.78, 5) is 4.88. The highest BCUT2D eigenvalue weighted by Crippen LogP contribution is 2.36. The summed E-state index contributed by atoms with van der Waals surface area (Å²) < 4.78 is 13.4. The average molecular weight is 429 g/mol. The van der Waals surface area contributed by atoms with Crippen molar-refractivity contribution in [3.63, 3.8) is 0 Å². The van der Waals surface area contributed by atoms with Gasteiger partial charge < -0.3 is 14.2 Å². The Bertz CT molecular complexity index is 1400. The summed E-state index contributed by atoms with van der Waals surface area (Å²) in [6.07, 6.45) is 0. The molecule has 3 aromatic carbocycles. The maximum atomic E-state index is 10.4. The van der Waals surface area contributed by atoms with Gasteiger partial charge in [0.25, 0.3) is 0 Å². The Balaban J connectivity index is 1.60. The molecule has 0 amide bonds. The van der Waals surface area contributed by atoms with E-state index in [-0.39, 0.29) is 0 Å². The van der Waals surface area contributed by atoms with Gasteiger partial charge in [0.1, 0.15) is 16.2 Å². The number of thiazole rings is 1. The molecule has 0 atom stereocenters. The number of nitrogens with zero attached hydrogens (tertiary/aromatic N) is 1. The van der Waals surface area contributed by atoms with Gasteiger partial charge in [-0.05, 0) is 45.3 Å². The summed E-state index contributed by atoms with van der Waals surface area (Å²) in [6.45, 7) is 7.35. The van der Waals surface area contributed by atoms with E-state index < -0.39 is 11.2 Å². The minimum absolute atomic E-state index is 0.382. The Morgan fingerprint density at radius 3 is 2.48 bits per heavy atom. The summed E-state index contributed by atoms with van der Waals surface area (Å²) in [6, 6.07) is 20.4. The molecule has 156 valence electrons. The highest BCUT2D eigenvalue weighted by Gasteiger charge is 2.35. The Morgan fingerprint density at radius 1 is 0.968 bits per heavy atom. The Labute approximate surface area is 185 Å². The van der Waals surface area contributed by atoms with Gasteiger partial charge in [-0.15, -0.1) is 11.3 Å². The second-order valence-electron chi connectivity index (χ2n) is 8.95. The number of aromatic nitrogens is 1. The molecule has 0 aliphatic rings. The SMILES string of the molecule is CC(C)(O)C(C)(C)OBc1cccc2oc3cc4sc(-c5ccccc5)nc4cc3c12. The van der Waals surface area contributed by atoms with Gasteiger partial charge in [0.05, 0.1) is 21.4 Å². The molecule has 0 radical (unpaired) electrons. The van der Waals surface area contributed by atoms with Gasteiger partial charge >= 0.3 is 7.48 Å². The van der Waals surface area contributed by atoms with E-state index in [4.69, 9.17) is 14.1 Å². The second-order valence-corrected chi connectivity index (χ2v) is 9.98. The van der Waals surface area contributed by atoms with Crippen LogP contribution in [0.1, 0.15) is 27.7 Å². The van der Waals surface area contributed by atoms with Crippen molar-refractivity contribution < 1.29 is 14.2 Å². The highest BCUT2D eigenvalue weighted by molar-refractivity contribution is 7.21. The normalized spacial score (nSPS) is 12.8. The van der Waals surface area contributed by atoms with E-state index in [9.17, 15) is 5.11 Å². The van der Waals surface area contributed by atoms with E-state index in [1.54, 1.807) is 25.2 Å². The van der Waals surface area contributed by atoms with Crippen molar-refractivity contribution in [2.45, 2.75) is 38.9 Å². The lowest BCUT2D eigenvalue weighted by Crippen LogP contribution is -2.49. The number of benzene rings is 3. The quantitative estimate of drug-likeness (QED) is 0.380. The number of rotatable bonds is 5. The van der Waals surface area contributed by atoms with Crippen molar-refractivity contribution in [1.29, 1.82) is 0 Å². The van der Waals surface area contributed by atoms with Crippen LogP contribution in [-0.2, 0) is 4.65 Å². The molecule has 0 aliphatic carbocycles. The molecule has 1 N–H and O–H groups in total. The summed E-state index contributed by atoms with van der Waals surface area (Å²) in [7, 11) is 0.382. The molecule has 4 nitrogen and oxygen atoms in total. The summed E-state index contributed by atoms with van der Waals surface area (Å²) in [5, 5.41) is 13.5. The average Bonchev–Trinajstić information content (AvgIpc) is 3.31. The van der Waals surface area contributed by atoms with Crippen LogP contribution in [0.5, 0.6) is 0 Å². The van der Waals surface area contributed by atoms with Gasteiger partial charge in [-0.25, -0.2) is 4.98 Å². The van der Waals surface area contributed by atoms with Gasteiger partial charge in [-0.2, -0.15) is 0 Å². The van der Waals surface area contributed by atoms with Gasteiger partial charge in [-0.1, -0.05) is 42.5 Å². The molecular formula is C25H24BNO3S. The zero-order valence-corrected chi connectivity index (χ0v) is 18.9. The van der Waals surface area contributed by atoms with Crippen molar-refractivity contribution in [2.75, 3.05) is 0 Å². The van der Waals surface area contributed by atoms with E-state index in [2.05, 4.69) is 30.3 Å². The fraction of sp³-hybridized carbons (Fsp3) is 0.240. The van der Waals surface area contributed by atoms with Gasteiger partial charge in [0, 0.05) is 22.4 Å². The number of hydrogen-bond acceptors (Lipinski definition) is 5. The Morgan fingerprint density at radius 2 is 1.74 bits per heavy atom. The first-order valence-electron chi connectivity index (χ1n) is 10.4. The molecule has 0 aliphatic heterocycles. The van der Waals surface area contributed by atoms with Crippen LogP contribution >= 0.6 is 11.3 Å². The Kier molecular flexibility index (Phi) is 4.70. The monoisotopic (exact) mass is 429 g/mol. The van der Waals surface area contributed by atoms with Crippen LogP contribution in [0.15, 0.2) is 65.1 Å². The molecule has 0 saturated heterocycles. The van der Waals surface area contributed by atoms with Crippen molar-refractivity contribution in [1.82, 2.24) is 4.98 Å². The topological polar surface area (TPSA) is 55.5 Å². The van der Waals surface area contributed by atoms with E-state index >= 15 is 0 Å². The smallest absolute Gasteiger partial charge is 0.310 e. The fourth-order valence-corrected chi connectivity index (χ4v) is 4.56. The first-order valence-corrected chi connectivity index (χ1v) is 11.2. The van der Waals surface area contributed by atoms with Crippen LogP contribution in [-0.4, -0.2) is 28.8 Å². The first kappa shape index (κ1) is 20.2. The first-order chi connectivity index (χ1) is 14.7. The molecule has 2 heterocycles. The number of fused-ring (bicyclic) bond motifs is 4. The maximum absolute atomic E-state index is 10.4. The van der Waals surface area contributed by atoms with Gasteiger partial charge in [-0.3, -0.25) is 0 Å².